The zero-order valence-electron chi connectivity index (χ0n) is 12.5. The lowest BCUT2D eigenvalue weighted by Gasteiger charge is -2.09. The molecule has 1 aromatic carbocycles. The Labute approximate surface area is 121 Å². The molecule has 0 aliphatic heterocycles. The maximum atomic E-state index is 5.32. The number of aliphatic imine (C=N–C) groups is 1. The van der Waals surface area contributed by atoms with E-state index in [4.69, 9.17) is 11.2 Å². The summed E-state index contributed by atoms with van der Waals surface area (Å²) in [5, 5.41) is 6.22. The van der Waals surface area contributed by atoms with Gasteiger partial charge in [0, 0.05) is 13.1 Å². The third-order valence-corrected chi connectivity index (χ3v) is 2.84. The Morgan fingerprint density at radius 3 is 2.85 bits per heavy atom. The van der Waals surface area contributed by atoms with E-state index in [1.54, 1.807) is 7.11 Å². The van der Waals surface area contributed by atoms with Crippen molar-refractivity contribution >= 4 is 5.96 Å². The van der Waals surface area contributed by atoms with Gasteiger partial charge in [-0.1, -0.05) is 18.1 Å². The maximum Gasteiger partial charge on any atom is 0.192 e. The molecule has 0 unspecified atom stereocenters. The highest BCUT2D eigenvalue weighted by Crippen LogP contribution is 2.19. The fourth-order valence-corrected chi connectivity index (χ4v) is 1.79. The Morgan fingerprint density at radius 2 is 2.20 bits per heavy atom. The minimum absolute atomic E-state index is 0.476. The van der Waals surface area contributed by atoms with Crippen LogP contribution in [-0.4, -0.2) is 32.7 Å². The molecule has 4 nitrogen and oxygen atoms in total. The van der Waals surface area contributed by atoms with Crippen molar-refractivity contribution in [1.82, 2.24) is 10.6 Å². The van der Waals surface area contributed by atoms with Crippen molar-refractivity contribution in [2.24, 2.45) is 4.99 Å². The lowest BCUT2D eigenvalue weighted by molar-refractivity contribution is 0.411. The number of benzene rings is 1. The average molecular weight is 273 g/mol. The van der Waals surface area contributed by atoms with Crippen molar-refractivity contribution in [2.75, 3.05) is 26.7 Å². The molecule has 0 saturated heterocycles. The largest absolute Gasteiger partial charge is 0.496 e. The zero-order chi connectivity index (χ0) is 14.8. The third-order valence-electron chi connectivity index (χ3n) is 2.84. The molecule has 0 spiro atoms. The Kier molecular flexibility index (Phi) is 7.05. The highest BCUT2D eigenvalue weighted by molar-refractivity contribution is 5.79. The van der Waals surface area contributed by atoms with Crippen LogP contribution in [0.3, 0.4) is 0 Å². The first-order valence-corrected chi connectivity index (χ1v) is 6.80. The van der Waals surface area contributed by atoms with Crippen LogP contribution in [0.25, 0.3) is 0 Å². The van der Waals surface area contributed by atoms with Gasteiger partial charge in [-0.2, -0.15) is 0 Å². The molecule has 0 aliphatic carbocycles. The van der Waals surface area contributed by atoms with Gasteiger partial charge in [0.25, 0.3) is 0 Å². The summed E-state index contributed by atoms with van der Waals surface area (Å²) in [6.07, 6.45) is 6.09. The van der Waals surface area contributed by atoms with Crippen LogP contribution >= 0.6 is 0 Å². The number of hydrogen-bond acceptors (Lipinski definition) is 2. The van der Waals surface area contributed by atoms with E-state index >= 15 is 0 Å². The van der Waals surface area contributed by atoms with Gasteiger partial charge >= 0.3 is 0 Å². The van der Waals surface area contributed by atoms with Crippen molar-refractivity contribution < 1.29 is 4.74 Å². The molecule has 0 aromatic heterocycles. The first-order valence-electron chi connectivity index (χ1n) is 6.80. The fourth-order valence-electron chi connectivity index (χ4n) is 1.79. The van der Waals surface area contributed by atoms with Gasteiger partial charge in [-0.15, -0.1) is 6.42 Å². The summed E-state index contributed by atoms with van der Waals surface area (Å²) in [6.45, 7) is 6.05. The average Bonchev–Trinajstić information content (AvgIpc) is 2.46. The molecule has 1 rings (SSSR count). The van der Waals surface area contributed by atoms with Crippen LogP contribution in [0.5, 0.6) is 5.75 Å². The molecular formula is C16H23N3O. The Bertz CT molecular complexity index is 489. The monoisotopic (exact) mass is 273 g/mol. The van der Waals surface area contributed by atoms with Crippen molar-refractivity contribution in [3.8, 4) is 18.1 Å². The van der Waals surface area contributed by atoms with E-state index in [0.29, 0.717) is 13.1 Å². The second-order valence-electron chi connectivity index (χ2n) is 4.37. The van der Waals surface area contributed by atoms with Crippen LogP contribution in [0.15, 0.2) is 23.2 Å². The molecule has 4 heteroatoms. The van der Waals surface area contributed by atoms with Crippen LogP contribution in [0.1, 0.15) is 18.1 Å². The van der Waals surface area contributed by atoms with Gasteiger partial charge in [0.2, 0.25) is 0 Å². The molecule has 0 amide bonds. The molecule has 0 saturated carbocycles. The Morgan fingerprint density at radius 1 is 1.40 bits per heavy atom. The van der Waals surface area contributed by atoms with Gasteiger partial charge in [-0.3, -0.25) is 4.99 Å². The van der Waals surface area contributed by atoms with Crippen molar-refractivity contribution in [2.45, 2.75) is 20.3 Å². The van der Waals surface area contributed by atoms with E-state index in [1.165, 1.54) is 5.56 Å². The molecular weight excluding hydrogens is 250 g/mol. The number of methoxy groups -OCH3 is 1. The molecule has 1 aromatic rings. The molecule has 0 heterocycles. The van der Waals surface area contributed by atoms with Gasteiger partial charge in [-0.25, -0.2) is 0 Å². The van der Waals surface area contributed by atoms with Gasteiger partial charge in [0.05, 0.1) is 13.7 Å². The van der Waals surface area contributed by atoms with Crippen LogP contribution in [0.4, 0.5) is 0 Å². The summed E-state index contributed by atoms with van der Waals surface area (Å²) >= 11 is 0. The summed E-state index contributed by atoms with van der Waals surface area (Å²) in [5.41, 5.74) is 2.35. The first kappa shape index (κ1) is 15.9. The van der Waals surface area contributed by atoms with Crippen LogP contribution < -0.4 is 15.4 Å². The number of guanidine groups is 1. The Balaban J connectivity index is 2.58. The summed E-state index contributed by atoms with van der Waals surface area (Å²) in [4.78, 5) is 4.48. The standard InChI is InChI=1S/C16H23N3O/c1-5-10-18-16(17-6-2)19-11-9-14-8-7-13(3)15(12-14)20-4/h1,7-8,12H,6,9-11H2,2-4H3,(H2,17,18,19). The van der Waals surface area contributed by atoms with Crippen molar-refractivity contribution in [3.63, 3.8) is 0 Å². The lowest BCUT2D eigenvalue weighted by atomic mass is 10.1. The van der Waals surface area contributed by atoms with Crippen LogP contribution in [-0.2, 0) is 6.42 Å². The van der Waals surface area contributed by atoms with E-state index in [1.807, 2.05) is 13.8 Å². The summed E-state index contributed by atoms with van der Waals surface area (Å²) in [7, 11) is 1.69. The third kappa shape index (κ3) is 5.23. The van der Waals surface area contributed by atoms with E-state index in [9.17, 15) is 0 Å². The summed E-state index contributed by atoms with van der Waals surface area (Å²) in [5.74, 6) is 4.21. The van der Waals surface area contributed by atoms with E-state index in [2.05, 4.69) is 39.7 Å². The highest BCUT2D eigenvalue weighted by atomic mass is 16.5. The first-order chi connectivity index (χ1) is 9.71. The van der Waals surface area contributed by atoms with E-state index < -0.39 is 0 Å². The predicted octanol–water partition coefficient (Wildman–Crippen LogP) is 1.73. The number of hydrogen-bond donors (Lipinski definition) is 2. The molecule has 0 atom stereocenters. The smallest absolute Gasteiger partial charge is 0.192 e. The van der Waals surface area contributed by atoms with Gasteiger partial charge in [0.1, 0.15) is 5.75 Å². The molecule has 0 bridgehead atoms. The maximum absolute atomic E-state index is 5.32. The Hall–Kier alpha value is -2.15. The fraction of sp³-hybridized carbons (Fsp3) is 0.438. The quantitative estimate of drug-likeness (QED) is 0.471. The molecule has 0 fully saturated rings. The van der Waals surface area contributed by atoms with Crippen LogP contribution in [0.2, 0.25) is 0 Å². The second-order valence-corrected chi connectivity index (χ2v) is 4.37. The number of aryl methyl sites for hydroxylation is 1. The second kappa shape index (κ2) is 8.87. The highest BCUT2D eigenvalue weighted by Gasteiger charge is 2.00. The topological polar surface area (TPSA) is 45.7 Å². The molecule has 20 heavy (non-hydrogen) atoms. The minimum Gasteiger partial charge on any atom is -0.496 e. The van der Waals surface area contributed by atoms with Crippen LogP contribution in [0, 0.1) is 19.3 Å². The molecule has 108 valence electrons. The predicted molar refractivity (Wildman–Crippen MR) is 84.2 cm³/mol. The zero-order valence-corrected chi connectivity index (χ0v) is 12.5. The van der Waals surface area contributed by atoms with Crippen molar-refractivity contribution in [3.05, 3.63) is 29.3 Å². The van der Waals surface area contributed by atoms with Gasteiger partial charge < -0.3 is 15.4 Å². The summed E-state index contributed by atoms with van der Waals surface area (Å²) < 4.78 is 5.32. The van der Waals surface area contributed by atoms with E-state index in [0.717, 1.165) is 30.2 Å². The number of nitrogens with one attached hydrogen (secondary N) is 2. The number of ether oxygens (including phenoxy) is 1. The number of rotatable bonds is 6. The molecule has 0 aliphatic rings. The van der Waals surface area contributed by atoms with Crippen molar-refractivity contribution in [1.29, 1.82) is 0 Å². The normalized spacial score (nSPS) is 10.8. The lowest BCUT2D eigenvalue weighted by Crippen LogP contribution is -2.37. The van der Waals surface area contributed by atoms with Gasteiger partial charge in [0.15, 0.2) is 5.96 Å². The SMILES string of the molecule is C#CCNC(=NCCc1ccc(C)c(OC)c1)NCC. The number of terminal acetylenes is 1. The minimum atomic E-state index is 0.476. The molecule has 2 N–H and O–H groups in total. The molecule has 0 radical (unpaired) electrons. The van der Waals surface area contributed by atoms with Gasteiger partial charge in [-0.05, 0) is 37.5 Å². The number of nitrogens with zero attached hydrogens (tertiary/aromatic N) is 1. The van der Waals surface area contributed by atoms with E-state index in [-0.39, 0.29) is 0 Å². The summed E-state index contributed by atoms with van der Waals surface area (Å²) in [6, 6.07) is 6.24.